The molecule has 88 valence electrons. The highest BCUT2D eigenvalue weighted by atomic mass is 79.9. The topological polar surface area (TPSA) is 38.3 Å². The summed E-state index contributed by atoms with van der Waals surface area (Å²) >= 11 is 3.24. The molecular weight excluding hydrogens is 258 g/mol. The second-order valence-electron chi connectivity index (χ2n) is 4.54. The molecule has 1 heterocycles. The molecule has 0 atom stereocenters. The van der Waals surface area contributed by atoms with E-state index in [1.54, 1.807) is 0 Å². The van der Waals surface area contributed by atoms with Gasteiger partial charge in [0.25, 0.3) is 0 Å². The van der Waals surface area contributed by atoms with Gasteiger partial charge >= 0.3 is 5.97 Å². The molecule has 0 unspecified atom stereocenters. The molecule has 1 fully saturated rings. The monoisotopic (exact) mass is 277 g/mol. The molecule has 0 aliphatic carbocycles. The maximum atomic E-state index is 11.4. The maximum absolute atomic E-state index is 11.4. The van der Waals surface area contributed by atoms with E-state index in [4.69, 9.17) is 4.74 Å². The van der Waals surface area contributed by atoms with Crippen LogP contribution in [0.1, 0.15) is 33.1 Å². The molecule has 15 heavy (non-hydrogen) atoms. The summed E-state index contributed by atoms with van der Waals surface area (Å²) in [5, 5.41) is 3.99. The Hall–Kier alpha value is -0.0900. The number of esters is 1. The van der Waals surface area contributed by atoms with Gasteiger partial charge in [0.05, 0.1) is 6.42 Å². The average Bonchev–Trinajstić information content (AvgIpc) is 2.18. The molecule has 1 N–H and O–H groups in total. The number of hydrogen-bond donors (Lipinski definition) is 1. The Morgan fingerprint density at radius 2 is 2.07 bits per heavy atom. The minimum absolute atomic E-state index is 0.101. The van der Waals surface area contributed by atoms with Crippen LogP contribution < -0.4 is 5.32 Å². The van der Waals surface area contributed by atoms with E-state index < -0.39 is 0 Å². The highest BCUT2D eigenvalue weighted by Crippen LogP contribution is 2.29. The molecular formula is C11H20BrNO2. The van der Waals surface area contributed by atoms with Crippen LogP contribution in [-0.4, -0.2) is 30.0 Å². The molecule has 1 rings (SSSR count). The van der Waals surface area contributed by atoms with E-state index in [9.17, 15) is 4.79 Å². The molecule has 1 saturated heterocycles. The Labute approximate surface area is 100 Å². The van der Waals surface area contributed by atoms with Gasteiger partial charge in [-0.05, 0) is 39.8 Å². The lowest BCUT2D eigenvalue weighted by Crippen LogP contribution is -2.42. The number of nitrogens with one attached hydrogen (secondary N) is 1. The Morgan fingerprint density at radius 3 is 2.60 bits per heavy atom. The predicted octanol–water partition coefficient (Wildman–Crippen LogP) is 2.09. The van der Waals surface area contributed by atoms with E-state index in [-0.39, 0.29) is 11.6 Å². The van der Waals surface area contributed by atoms with Gasteiger partial charge in [-0.3, -0.25) is 4.79 Å². The lowest BCUT2D eigenvalue weighted by Gasteiger charge is -2.36. The highest BCUT2D eigenvalue weighted by molar-refractivity contribution is 9.09. The second kappa shape index (κ2) is 5.85. The smallest absolute Gasteiger partial charge is 0.307 e. The van der Waals surface area contributed by atoms with Crippen molar-refractivity contribution < 1.29 is 9.53 Å². The van der Waals surface area contributed by atoms with Gasteiger partial charge < -0.3 is 10.1 Å². The summed E-state index contributed by atoms with van der Waals surface area (Å²) in [6, 6.07) is 0. The molecule has 0 aromatic carbocycles. The number of rotatable bonds is 4. The number of hydrogen-bond acceptors (Lipinski definition) is 3. The maximum Gasteiger partial charge on any atom is 0.307 e. The second-order valence-corrected chi connectivity index (χ2v) is 5.33. The summed E-state index contributed by atoms with van der Waals surface area (Å²) in [6.45, 7) is 6.11. The zero-order valence-corrected chi connectivity index (χ0v) is 11.1. The van der Waals surface area contributed by atoms with Crippen molar-refractivity contribution in [3.8, 4) is 0 Å². The van der Waals surface area contributed by atoms with Gasteiger partial charge in [-0.1, -0.05) is 15.9 Å². The van der Waals surface area contributed by atoms with Crippen molar-refractivity contribution in [1.82, 2.24) is 5.32 Å². The minimum atomic E-state index is -0.318. The minimum Gasteiger partial charge on any atom is -0.459 e. The largest absolute Gasteiger partial charge is 0.459 e. The third-order valence-corrected chi connectivity index (χ3v) is 3.39. The first-order valence-corrected chi connectivity index (χ1v) is 6.67. The van der Waals surface area contributed by atoms with E-state index in [0.29, 0.717) is 17.7 Å². The third kappa shape index (κ3) is 4.11. The molecule has 0 spiro atoms. The summed E-state index contributed by atoms with van der Waals surface area (Å²) in [5.74, 6) is 0.383. The fraction of sp³-hybridized carbons (Fsp3) is 0.909. The van der Waals surface area contributed by atoms with Gasteiger partial charge in [-0.25, -0.2) is 0 Å². The fourth-order valence-corrected chi connectivity index (χ4v) is 2.35. The van der Waals surface area contributed by atoms with Crippen LogP contribution in [0, 0.1) is 5.92 Å². The summed E-state index contributed by atoms with van der Waals surface area (Å²) in [5.41, 5.74) is -0.318. The molecule has 0 aromatic rings. The standard InChI is InChI=1S/C11H20BrNO2/c1-11(2,15-10(14)3-6-12)9-4-7-13-8-5-9/h9,13H,3-8H2,1-2H3. The van der Waals surface area contributed by atoms with E-state index in [1.165, 1.54) is 0 Å². The van der Waals surface area contributed by atoms with Crippen LogP contribution in [-0.2, 0) is 9.53 Å². The summed E-state index contributed by atoms with van der Waals surface area (Å²) in [4.78, 5) is 11.4. The van der Waals surface area contributed by atoms with Gasteiger partial charge in [-0.15, -0.1) is 0 Å². The first-order valence-electron chi connectivity index (χ1n) is 5.55. The van der Waals surface area contributed by atoms with Crippen LogP contribution in [0.25, 0.3) is 0 Å². The van der Waals surface area contributed by atoms with Crippen molar-refractivity contribution in [1.29, 1.82) is 0 Å². The van der Waals surface area contributed by atoms with E-state index in [0.717, 1.165) is 25.9 Å². The molecule has 0 bridgehead atoms. The van der Waals surface area contributed by atoms with Gasteiger partial charge in [-0.2, -0.15) is 0 Å². The van der Waals surface area contributed by atoms with Crippen molar-refractivity contribution in [2.24, 2.45) is 5.92 Å². The van der Waals surface area contributed by atoms with E-state index >= 15 is 0 Å². The Morgan fingerprint density at radius 1 is 1.47 bits per heavy atom. The lowest BCUT2D eigenvalue weighted by atomic mass is 9.83. The number of alkyl halides is 1. The summed E-state index contributed by atoms with van der Waals surface area (Å²) in [7, 11) is 0. The van der Waals surface area contributed by atoms with E-state index in [1.807, 2.05) is 13.8 Å². The molecule has 3 nitrogen and oxygen atoms in total. The Kier molecular flexibility index (Phi) is 5.06. The van der Waals surface area contributed by atoms with Crippen molar-refractivity contribution in [3.63, 3.8) is 0 Å². The van der Waals surface area contributed by atoms with Crippen molar-refractivity contribution in [2.75, 3.05) is 18.4 Å². The molecule has 0 amide bonds. The first kappa shape index (κ1) is 13.0. The number of halogens is 1. The SMILES string of the molecule is CC(C)(OC(=O)CCBr)C1CCNCC1. The Bertz CT molecular complexity index is 213. The average molecular weight is 278 g/mol. The quantitative estimate of drug-likeness (QED) is 0.632. The zero-order chi connectivity index (χ0) is 11.3. The van der Waals surface area contributed by atoms with Crippen molar-refractivity contribution in [2.45, 2.75) is 38.7 Å². The van der Waals surface area contributed by atoms with Crippen LogP contribution in [0.3, 0.4) is 0 Å². The van der Waals surface area contributed by atoms with Gasteiger partial charge in [0, 0.05) is 11.2 Å². The van der Waals surface area contributed by atoms with Gasteiger partial charge in [0.1, 0.15) is 5.60 Å². The number of piperidine rings is 1. The summed E-state index contributed by atoms with van der Waals surface area (Å²) < 4.78 is 5.52. The first-order chi connectivity index (χ1) is 7.06. The molecule has 1 aliphatic rings. The molecule has 0 radical (unpaired) electrons. The van der Waals surface area contributed by atoms with E-state index in [2.05, 4.69) is 21.2 Å². The highest BCUT2D eigenvalue weighted by Gasteiger charge is 2.33. The molecule has 1 aliphatic heterocycles. The van der Waals surface area contributed by atoms with Crippen LogP contribution >= 0.6 is 15.9 Å². The molecule has 0 saturated carbocycles. The zero-order valence-electron chi connectivity index (χ0n) is 9.51. The lowest BCUT2D eigenvalue weighted by molar-refractivity contribution is -0.162. The van der Waals surface area contributed by atoms with Crippen LogP contribution in [0.4, 0.5) is 0 Å². The number of carbonyl (C=O) groups excluding carboxylic acids is 1. The molecule has 0 aromatic heterocycles. The fourth-order valence-electron chi connectivity index (χ4n) is 2.02. The predicted molar refractivity (Wildman–Crippen MR) is 64.2 cm³/mol. The van der Waals surface area contributed by atoms with Gasteiger partial charge in [0.2, 0.25) is 0 Å². The van der Waals surface area contributed by atoms with Crippen LogP contribution in [0.2, 0.25) is 0 Å². The Balaban J connectivity index is 2.45. The van der Waals surface area contributed by atoms with Gasteiger partial charge in [0.15, 0.2) is 0 Å². The number of ether oxygens (including phenoxy) is 1. The normalized spacial score (nSPS) is 18.9. The molecule has 4 heteroatoms. The van der Waals surface area contributed by atoms with Crippen molar-refractivity contribution >= 4 is 21.9 Å². The number of carbonyl (C=O) groups is 1. The third-order valence-electron chi connectivity index (χ3n) is 3.00. The summed E-state index contributed by atoms with van der Waals surface area (Å²) in [6.07, 6.45) is 2.64. The van der Waals surface area contributed by atoms with Crippen molar-refractivity contribution in [3.05, 3.63) is 0 Å². The van der Waals surface area contributed by atoms with Crippen LogP contribution in [0.5, 0.6) is 0 Å². The van der Waals surface area contributed by atoms with Crippen LogP contribution in [0.15, 0.2) is 0 Å².